The number of ketones is 1. The summed E-state index contributed by atoms with van der Waals surface area (Å²) in [6, 6.07) is 11.7. The Labute approximate surface area is 168 Å². The molecule has 3 rings (SSSR count). The molecule has 0 aromatic heterocycles. The van der Waals surface area contributed by atoms with Gasteiger partial charge >= 0.3 is 5.97 Å². The first-order valence-electron chi connectivity index (χ1n) is 9.29. The predicted octanol–water partition coefficient (Wildman–Crippen LogP) is 2.88. The molecule has 0 unspecified atom stereocenters. The van der Waals surface area contributed by atoms with Crippen molar-refractivity contribution in [1.29, 1.82) is 0 Å². The van der Waals surface area contributed by atoms with Crippen molar-refractivity contribution in [2.24, 2.45) is 0 Å². The molecular formula is C22H21NO6. The SMILES string of the molecule is CCOc1ccc(C(=O)[C@@H](C)OC(=O)[C@@H](C)N2C(=O)c3ccccc3C2=O)cc1. The Balaban J connectivity index is 1.67. The number of ether oxygens (including phenoxy) is 2. The first-order chi connectivity index (χ1) is 13.8. The molecule has 2 atom stereocenters. The molecule has 1 aliphatic heterocycles. The summed E-state index contributed by atoms with van der Waals surface area (Å²) >= 11 is 0. The van der Waals surface area contributed by atoms with E-state index in [1.165, 1.54) is 26.0 Å². The van der Waals surface area contributed by atoms with Crippen molar-refractivity contribution in [3.63, 3.8) is 0 Å². The van der Waals surface area contributed by atoms with Crippen molar-refractivity contribution in [3.05, 3.63) is 65.2 Å². The smallest absolute Gasteiger partial charge is 0.329 e. The molecule has 0 aliphatic carbocycles. The second-order valence-corrected chi connectivity index (χ2v) is 6.60. The molecule has 2 amide bonds. The summed E-state index contributed by atoms with van der Waals surface area (Å²) in [6.45, 7) is 5.22. The van der Waals surface area contributed by atoms with E-state index in [0.717, 1.165) is 4.90 Å². The van der Waals surface area contributed by atoms with Gasteiger partial charge in [0, 0.05) is 5.56 Å². The van der Waals surface area contributed by atoms with Gasteiger partial charge in [0.1, 0.15) is 11.8 Å². The van der Waals surface area contributed by atoms with Crippen molar-refractivity contribution in [2.75, 3.05) is 6.61 Å². The monoisotopic (exact) mass is 395 g/mol. The second-order valence-electron chi connectivity index (χ2n) is 6.60. The number of hydrogen-bond acceptors (Lipinski definition) is 6. The average Bonchev–Trinajstić information content (AvgIpc) is 2.98. The van der Waals surface area contributed by atoms with Crippen LogP contribution in [0.2, 0.25) is 0 Å². The molecular weight excluding hydrogens is 374 g/mol. The molecule has 150 valence electrons. The zero-order chi connectivity index (χ0) is 21.1. The number of benzene rings is 2. The number of Topliss-reactive ketones (excluding diaryl/α,β-unsaturated/α-hetero) is 1. The van der Waals surface area contributed by atoms with Crippen LogP contribution in [0.15, 0.2) is 48.5 Å². The maximum absolute atomic E-state index is 12.5. The van der Waals surface area contributed by atoms with Crippen molar-refractivity contribution in [3.8, 4) is 5.75 Å². The first kappa shape index (κ1) is 20.3. The zero-order valence-corrected chi connectivity index (χ0v) is 16.4. The standard InChI is InChI=1S/C22H21NO6/c1-4-28-16-11-9-15(10-12-16)19(24)14(3)29-22(27)13(2)23-20(25)17-7-5-6-8-18(17)21(23)26/h5-14H,4H2,1-3H3/t13-,14-/m1/s1. The number of hydrogen-bond donors (Lipinski definition) is 0. The molecule has 0 saturated carbocycles. The van der Waals surface area contributed by atoms with Gasteiger partial charge in [-0.05, 0) is 57.2 Å². The third-order valence-corrected chi connectivity index (χ3v) is 4.67. The molecule has 0 spiro atoms. The van der Waals surface area contributed by atoms with E-state index in [0.29, 0.717) is 17.9 Å². The zero-order valence-electron chi connectivity index (χ0n) is 16.4. The molecule has 7 nitrogen and oxygen atoms in total. The van der Waals surface area contributed by atoms with Gasteiger partial charge in [-0.25, -0.2) is 4.79 Å². The normalized spacial score (nSPS) is 14.9. The van der Waals surface area contributed by atoms with E-state index in [2.05, 4.69) is 0 Å². The van der Waals surface area contributed by atoms with Gasteiger partial charge in [0.2, 0.25) is 5.78 Å². The van der Waals surface area contributed by atoms with E-state index >= 15 is 0 Å². The summed E-state index contributed by atoms with van der Waals surface area (Å²) in [5, 5.41) is 0. The molecule has 0 bridgehead atoms. The first-order valence-corrected chi connectivity index (χ1v) is 9.29. The van der Waals surface area contributed by atoms with E-state index in [1.54, 1.807) is 36.4 Å². The van der Waals surface area contributed by atoms with Crippen LogP contribution in [0.4, 0.5) is 0 Å². The van der Waals surface area contributed by atoms with Crippen LogP contribution < -0.4 is 4.74 Å². The molecule has 2 aromatic rings. The number of rotatable bonds is 7. The molecule has 0 N–H and O–H groups in total. The lowest BCUT2D eigenvalue weighted by atomic mass is 10.1. The summed E-state index contributed by atoms with van der Waals surface area (Å²) in [5.41, 5.74) is 0.855. The highest BCUT2D eigenvalue weighted by Gasteiger charge is 2.41. The van der Waals surface area contributed by atoms with Crippen molar-refractivity contribution in [2.45, 2.75) is 32.9 Å². The molecule has 1 aliphatic rings. The van der Waals surface area contributed by atoms with Crippen LogP contribution in [0.3, 0.4) is 0 Å². The van der Waals surface area contributed by atoms with Gasteiger partial charge in [0.15, 0.2) is 6.10 Å². The van der Waals surface area contributed by atoms with Crippen molar-refractivity contribution in [1.82, 2.24) is 4.90 Å². The topological polar surface area (TPSA) is 90.0 Å². The lowest BCUT2D eigenvalue weighted by Crippen LogP contribution is -2.45. The van der Waals surface area contributed by atoms with Gasteiger partial charge in [-0.15, -0.1) is 0 Å². The van der Waals surface area contributed by atoms with Gasteiger partial charge < -0.3 is 9.47 Å². The summed E-state index contributed by atoms with van der Waals surface area (Å²) in [7, 11) is 0. The fraction of sp³-hybridized carbons (Fsp3) is 0.273. The van der Waals surface area contributed by atoms with Crippen LogP contribution in [0.5, 0.6) is 5.75 Å². The van der Waals surface area contributed by atoms with E-state index < -0.39 is 35.7 Å². The third kappa shape index (κ3) is 3.89. The van der Waals surface area contributed by atoms with Crippen LogP contribution in [-0.2, 0) is 9.53 Å². The summed E-state index contributed by atoms with van der Waals surface area (Å²) in [5.74, 6) is -1.70. The van der Waals surface area contributed by atoms with Crippen molar-refractivity contribution >= 4 is 23.6 Å². The second kappa shape index (κ2) is 8.26. The minimum Gasteiger partial charge on any atom is -0.494 e. The number of amides is 2. The Morgan fingerprint density at radius 2 is 1.48 bits per heavy atom. The largest absolute Gasteiger partial charge is 0.494 e. The molecule has 0 radical (unpaired) electrons. The summed E-state index contributed by atoms with van der Waals surface area (Å²) in [4.78, 5) is 50.9. The van der Waals surface area contributed by atoms with Gasteiger partial charge in [-0.1, -0.05) is 12.1 Å². The lowest BCUT2D eigenvalue weighted by Gasteiger charge is -2.22. The van der Waals surface area contributed by atoms with Crippen LogP contribution in [0, 0.1) is 0 Å². The van der Waals surface area contributed by atoms with E-state index in [1.807, 2.05) is 6.92 Å². The van der Waals surface area contributed by atoms with Gasteiger partial charge in [0.25, 0.3) is 11.8 Å². The van der Waals surface area contributed by atoms with Gasteiger partial charge in [0.05, 0.1) is 17.7 Å². The Morgan fingerprint density at radius 1 is 0.931 bits per heavy atom. The maximum Gasteiger partial charge on any atom is 0.329 e. The molecule has 0 fully saturated rings. The number of carbonyl (C=O) groups excluding carboxylic acids is 4. The molecule has 29 heavy (non-hydrogen) atoms. The van der Waals surface area contributed by atoms with Gasteiger partial charge in [-0.3, -0.25) is 19.3 Å². The van der Waals surface area contributed by atoms with Crippen LogP contribution in [-0.4, -0.2) is 47.2 Å². The number of imide groups is 1. The lowest BCUT2D eigenvalue weighted by molar-refractivity contribution is -0.150. The predicted molar refractivity (Wildman–Crippen MR) is 104 cm³/mol. The Hall–Kier alpha value is -3.48. The number of esters is 1. The minimum absolute atomic E-state index is 0.246. The van der Waals surface area contributed by atoms with E-state index in [4.69, 9.17) is 9.47 Å². The average molecular weight is 395 g/mol. The maximum atomic E-state index is 12.5. The van der Waals surface area contributed by atoms with Crippen LogP contribution in [0.1, 0.15) is 51.8 Å². The van der Waals surface area contributed by atoms with Gasteiger partial charge in [-0.2, -0.15) is 0 Å². The number of carbonyl (C=O) groups is 4. The molecule has 0 saturated heterocycles. The Kier molecular flexibility index (Phi) is 5.77. The Morgan fingerprint density at radius 3 is 2.00 bits per heavy atom. The minimum atomic E-state index is -1.15. The molecule has 7 heteroatoms. The third-order valence-electron chi connectivity index (χ3n) is 4.67. The Bertz CT molecular complexity index is 931. The fourth-order valence-electron chi connectivity index (χ4n) is 3.11. The quantitative estimate of drug-likeness (QED) is 0.407. The fourth-order valence-corrected chi connectivity index (χ4v) is 3.11. The number of fused-ring (bicyclic) bond motifs is 1. The summed E-state index contributed by atoms with van der Waals surface area (Å²) in [6.07, 6.45) is -1.07. The summed E-state index contributed by atoms with van der Waals surface area (Å²) < 4.78 is 10.6. The highest BCUT2D eigenvalue weighted by Crippen LogP contribution is 2.25. The van der Waals surface area contributed by atoms with E-state index in [9.17, 15) is 19.2 Å². The van der Waals surface area contributed by atoms with Crippen LogP contribution in [0.25, 0.3) is 0 Å². The highest BCUT2D eigenvalue weighted by molar-refractivity contribution is 6.22. The van der Waals surface area contributed by atoms with Crippen LogP contribution >= 0.6 is 0 Å². The number of nitrogens with zero attached hydrogens (tertiary/aromatic N) is 1. The van der Waals surface area contributed by atoms with E-state index in [-0.39, 0.29) is 11.1 Å². The molecule has 1 heterocycles. The molecule has 2 aromatic carbocycles. The highest BCUT2D eigenvalue weighted by atomic mass is 16.5. The van der Waals surface area contributed by atoms with Crippen molar-refractivity contribution < 1.29 is 28.7 Å².